The van der Waals surface area contributed by atoms with Crippen molar-refractivity contribution in [3.05, 3.63) is 35.5 Å². The Balaban J connectivity index is 1.43. The van der Waals surface area contributed by atoms with Crippen LogP contribution in [0.4, 0.5) is 11.5 Å². The molecule has 1 N–H and O–H groups in total. The number of rotatable bonds is 11. The summed E-state index contributed by atoms with van der Waals surface area (Å²) in [6.45, 7) is 12.5. The number of methoxy groups -OCH3 is 1. The normalized spacial score (nSPS) is 16.6. The Labute approximate surface area is 204 Å². The summed E-state index contributed by atoms with van der Waals surface area (Å²) in [6, 6.07) is 8.73. The molecule has 186 valence electrons. The molecule has 1 aromatic carbocycles. The average molecular weight is 469 g/mol. The zero-order valence-corrected chi connectivity index (χ0v) is 21.1. The Bertz CT molecular complexity index is 899. The fourth-order valence-electron chi connectivity index (χ4n) is 4.55. The first-order valence-electron chi connectivity index (χ1n) is 12.6. The molecule has 1 aromatic heterocycles. The summed E-state index contributed by atoms with van der Waals surface area (Å²) in [6.07, 6.45) is 1.88. The molecule has 8 heteroatoms. The van der Waals surface area contributed by atoms with Gasteiger partial charge in [-0.15, -0.1) is 0 Å². The van der Waals surface area contributed by atoms with Gasteiger partial charge in [0, 0.05) is 69.6 Å². The van der Waals surface area contributed by atoms with E-state index < -0.39 is 0 Å². The molecule has 0 amide bonds. The quantitative estimate of drug-likeness (QED) is 0.505. The number of aromatic nitrogens is 2. The molecule has 0 saturated carbocycles. The lowest BCUT2D eigenvalue weighted by atomic mass is 10.1. The van der Waals surface area contributed by atoms with E-state index >= 15 is 0 Å². The highest BCUT2D eigenvalue weighted by Gasteiger charge is 2.20. The number of likely N-dealkylation sites (N-methyl/N-ethyl adjacent to an activating group) is 2. The fourth-order valence-corrected chi connectivity index (χ4v) is 4.55. The van der Waals surface area contributed by atoms with Crippen LogP contribution in [0.3, 0.4) is 0 Å². The first-order valence-corrected chi connectivity index (χ1v) is 12.6. The Morgan fingerprint density at radius 1 is 1.09 bits per heavy atom. The van der Waals surface area contributed by atoms with Gasteiger partial charge in [-0.25, -0.2) is 9.97 Å². The second-order valence-corrected chi connectivity index (χ2v) is 9.17. The molecule has 0 atom stereocenters. The monoisotopic (exact) mass is 468 g/mol. The van der Waals surface area contributed by atoms with Crippen LogP contribution >= 0.6 is 0 Å². The van der Waals surface area contributed by atoms with E-state index in [0.717, 1.165) is 107 Å². The number of hydrogen-bond acceptors (Lipinski definition) is 8. The van der Waals surface area contributed by atoms with Crippen LogP contribution in [0, 0.1) is 0 Å². The summed E-state index contributed by atoms with van der Waals surface area (Å²) in [4.78, 5) is 17.1. The Morgan fingerprint density at radius 2 is 1.88 bits per heavy atom. The van der Waals surface area contributed by atoms with E-state index in [4.69, 9.17) is 19.4 Å². The maximum atomic E-state index is 5.73. The molecule has 2 aliphatic heterocycles. The lowest BCUT2D eigenvalue weighted by Gasteiger charge is -2.34. The van der Waals surface area contributed by atoms with E-state index in [0.29, 0.717) is 6.61 Å². The van der Waals surface area contributed by atoms with Crippen molar-refractivity contribution in [1.82, 2.24) is 19.8 Å². The van der Waals surface area contributed by atoms with Crippen LogP contribution in [0.1, 0.15) is 24.6 Å². The van der Waals surface area contributed by atoms with Crippen molar-refractivity contribution < 1.29 is 9.47 Å². The van der Waals surface area contributed by atoms with E-state index in [-0.39, 0.29) is 0 Å². The van der Waals surface area contributed by atoms with Crippen molar-refractivity contribution in [2.75, 3.05) is 89.9 Å². The van der Waals surface area contributed by atoms with Crippen LogP contribution in [0.2, 0.25) is 0 Å². The van der Waals surface area contributed by atoms with Crippen LogP contribution in [-0.2, 0) is 22.5 Å². The minimum absolute atomic E-state index is 0.579. The molecule has 3 heterocycles. The van der Waals surface area contributed by atoms with Crippen LogP contribution in [0.5, 0.6) is 0 Å². The molecule has 0 spiro atoms. The summed E-state index contributed by atoms with van der Waals surface area (Å²) < 4.78 is 10.9. The molecular formula is C26H40N6O2. The summed E-state index contributed by atoms with van der Waals surface area (Å²) in [7, 11) is 3.94. The predicted octanol–water partition coefficient (Wildman–Crippen LogP) is 2.74. The zero-order chi connectivity index (χ0) is 23.8. The minimum Gasteiger partial charge on any atom is -0.383 e. The van der Waals surface area contributed by atoms with E-state index in [9.17, 15) is 0 Å². The molecule has 0 aliphatic carbocycles. The third-order valence-corrected chi connectivity index (χ3v) is 6.82. The number of piperazine rings is 1. The van der Waals surface area contributed by atoms with E-state index in [1.807, 2.05) is 0 Å². The Morgan fingerprint density at radius 3 is 2.62 bits per heavy atom. The van der Waals surface area contributed by atoms with Crippen molar-refractivity contribution in [2.45, 2.75) is 26.4 Å². The van der Waals surface area contributed by atoms with Crippen molar-refractivity contribution in [3.63, 3.8) is 0 Å². The van der Waals surface area contributed by atoms with Crippen LogP contribution in [-0.4, -0.2) is 99.5 Å². The number of ether oxygens (including phenoxy) is 2. The zero-order valence-electron chi connectivity index (χ0n) is 21.1. The Hall–Kier alpha value is -2.26. The van der Waals surface area contributed by atoms with Gasteiger partial charge in [-0.05, 0) is 50.8 Å². The smallest absolute Gasteiger partial charge is 0.161 e. The molecule has 8 nitrogen and oxygen atoms in total. The molecule has 2 aromatic rings. The third-order valence-electron chi connectivity index (χ3n) is 6.82. The van der Waals surface area contributed by atoms with Gasteiger partial charge in [0.05, 0.1) is 25.5 Å². The van der Waals surface area contributed by atoms with Crippen LogP contribution < -0.4 is 10.2 Å². The van der Waals surface area contributed by atoms with Gasteiger partial charge in [0.2, 0.25) is 0 Å². The fraction of sp³-hybridized carbons (Fsp3) is 0.615. The number of hydrogen-bond donors (Lipinski definition) is 1. The standard InChI is InChI=1S/C26H40N6O2/c1-4-31(17-19-33-3)12-5-11-27-26-23-20-34-18-10-24(23)28-25(29-26)21-6-8-22(9-7-21)32-15-13-30(2)14-16-32/h6-9H,4-5,10-20H2,1-3H3,(H,27,28,29). The Kier molecular flexibility index (Phi) is 9.10. The van der Waals surface area contributed by atoms with Gasteiger partial charge in [0.25, 0.3) is 0 Å². The molecule has 0 bridgehead atoms. The number of anilines is 2. The molecule has 0 unspecified atom stereocenters. The van der Waals surface area contributed by atoms with Crippen molar-refractivity contribution in [1.29, 1.82) is 0 Å². The number of nitrogens with zero attached hydrogens (tertiary/aromatic N) is 5. The number of benzene rings is 1. The summed E-state index contributed by atoms with van der Waals surface area (Å²) >= 11 is 0. The largest absolute Gasteiger partial charge is 0.383 e. The molecular weight excluding hydrogens is 428 g/mol. The van der Waals surface area contributed by atoms with Gasteiger partial charge < -0.3 is 29.5 Å². The van der Waals surface area contributed by atoms with Gasteiger partial charge in [0.1, 0.15) is 5.82 Å². The van der Waals surface area contributed by atoms with Gasteiger partial charge in [-0.1, -0.05) is 6.92 Å². The highest BCUT2D eigenvalue weighted by Crippen LogP contribution is 2.28. The van der Waals surface area contributed by atoms with Crippen LogP contribution in [0.25, 0.3) is 11.4 Å². The van der Waals surface area contributed by atoms with E-state index in [1.54, 1.807) is 7.11 Å². The molecule has 4 rings (SSSR count). The van der Waals surface area contributed by atoms with Gasteiger partial charge in [0.15, 0.2) is 5.82 Å². The SMILES string of the molecule is CCN(CCCNc1nc(-c2ccc(N3CCN(C)CC3)cc2)nc2c1COCC2)CCOC. The molecule has 1 fully saturated rings. The van der Waals surface area contributed by atoms with Crippen molar-refractivity contribution in [3.8, 4) is 11.4 Å². The summed E-state index contributed by atoms with van der Waals surface area (Å²) in [5.74, 6) is 1.71. The lowest BCUT2D eigenvalue weighted by Crippen LogP contribution is -2.44. The summed E-state index contributed by atoms with van der Waals surface area (Å²) in [5.41, 5.74) is 4.55. The maximum absolute atomic E-state index is 5.73. The first-order chi connectivity index (χ1) is 16.7. The third kappa shape index (κ3) is 6.44. The number of fused-ring (bicyclic) bond motifs is 1. The second-order valence-electron chi connectivity index (χ2n) is 9.17. The van der Waals surface area contributed by atoms with Crippen molar-refractivity contribution >= 4 is 11.5 Å². The molecule has 2 aliphatic rings. The lowest BCUT2D eigenvalue weighted by molar-refractivity contribution is 0.109. The average Bonchev–Trinajstić information content (AvgIpc) is 2.88. The topological polar surface area (TPSA) is 66.0 Å². The van der Waals surface area contributed by atoms with E-state index in [2.05, 4.69) is 58.3 Å². The van der Waals surface area contributed by atoms with Crippen molar-refractivity contribution in [2.24, 2.45) is 0 Å². The highest BCUT2D eigenvalue weighted by atomic mass is 16.5. The predicted molar refractivity (Wildman–Crippen MR) is 138 cm³/mol. The molecule has 1 saturated heterocycles. The second kappa shape index (κ2) is 12.4. The van der Waals surface area contributed by atoms with Crippen LogP contribution in [0.15, 0.2) is 24.3 Å². The first kappa shape index (κ1) is 24.9. The van der Waals surface area contributed by atoms with Gasteiger partial charge in [-0.2, -0.15) is 0 Å². The maximum Gasteiger partial charge on any atom is 0.161 e. The summed E-state index contributed by atoms with van der Waals surface area (Å²) in [5, 5.41) is 3.58. The van der Waals surface area contributed by atoms with E-state index in [1.165, 1.54) is 5.69 Å². The van der Waals surface area contributed by atoms with Gasteiger partial charge in [-0.3, -0.25) is 0 Å². The number of nitrogens with one attached hydrogen (secondary N) is 1. The van der Waals surface area contributed by atoms with Gasteiger partial charge >= 0.3 is 0 Å². The molecule has 0 radical (unpaired) electrons. The molecule has 34 heavy (non-hydrogen) atoms. The minimum atomic E-state index is 0.579. The highest BCUT2D eigenvalue weighted by molar-refractivity contribution is 5.63.